The number of aliphatic carboxylic acids is 1. The third-order valence-electron chi connectivity index (χ3n) is 13.5. The summed E-state index contributed by atoms with van der Waals surface area (Å²) in [7, 11) is 1.52. The highest BCUT2D eigenvalue weighted by atomic mass is 16.7. The maximum absolute atomic E-state index is 13.1. The van der Waals surface area contributed by atoms with Gasteiger partial charge >= 0.3 is 18.0 Å². The minimum atomic E-state index is -1.92. The molecular weight excluding hydrogens is 875 g/mol. The van der Waals surface area contributed by atoms with Crippen LogP contribution in [0.2, 0.25) is 0 Å². The molecule has 4 saturated carbocycles. The monoisotopic (exact) mass is 937 g/mol. The number of likely N-dealkylation sites (N-methyl/N-ethyl adjacent to an activating group) is 1. The quantitative estimate of drug-likeness (QED) is 0.0712. The summed E-state index contributed by atoms with van der Waals surface area (Å²) in [4.78, 5) is 53.5. The Hall–Kier alpha value is -5.35. The lowest BCUT2D eigenvalue weighted by atomic mass is 9.39. The average molecular weight is 938 g/mol. The van der Waals surface area contributed by atoms with Crippen molar-refractivity contribution in [3.8, 4) is 22.6 Å². The molecule has 8 rings (SSSR count). The average Bonchev–Trinajstić information content (AvgIpc) is 3.61. The number of aliphatic hydroxyl groups is 3. The van der Waals surface area contributed by atoms with Crippen molar-refractivity contribution >= 4 is 23.9 Å². The van der Waals surface area contributed by atoms with E-state index in [0.29, 0.717) is 35.7 Å². The number of nitrogens with one attached hydrogen (secondary N) is 2. The second kappa shape index (κ2) is 20.1. The maximum atomic E-state index is 13.1. The van der Waals surface area contributed by atoms with Gasteiger partial charge < -0.3 is 74.9 Å². The molecule has 20 heteroatoms. The molecule has 3 heterocycles. The van der Waals surface area contributed by atoms with Gasteiger partial charge in [0, 0.05) is 61.3 Å². The van der Waals surface area contributed by atoms with Gasteiger partial charge in [-0.1, -0.05) is 19.9 Å². The molecular formula is C47H63N5O15. The summed E-state index contributed by atoms with van der Waals surface area (Å²) in [5, 5.41) is 56.1. The number of aromatic carboxylic acids is 1. The third-order valence-corrected chi connectivity index (χ3v) is 13.5. The van der Waals surface area contributed by atoms with Crippen LogP contribution in [-0.2, 0) is 48.1 Å². The molecule has 9 N–H and O–H groups in total. The van der Waals surface area contributed by atoms with Crippen LogP contribution < -0.4 is 25.8 Å². The number of carbonyl (C=O) groups is 4. The van der Waals surface area contributed by atoms with Crippen LogP contribution in [0.1, 0.15) is 79.8 Å². The predicted octanol–water partition coefficient (Wildman–Crippen LogP) is 2.53. The zero-order valence-electron chi connectivity index (χ0n) is 38.3. The lowest BCUT2D eigenvalue weighted by Crippen LogP contribution is -2.64. The molecule has 366 valence electrons. The Morgan fingerprint density at radius 1 is 0.896 bits per heavy atom. The van der Waals surface area contributed by atoms with Crippen molar-refractivity contribution < 1.29 is 73.1 Å². The normalized spacial score (nSPS) is 29.6. The highest BCUT2D eigenvalue weighted by Gasteiger charge is 2.66. The zero-order chi connectivity index (χ0) is 48.3. The van der Waals surface area contributed by atoms with Gasteiger partial charge in [0.1, 0.15) is 43.0 Å². The number of hydrogen-bond donors (Lipinski definition) is 8. The fraction of sp³-hybridized carbons (Fsp3) is 0.596. The number of aliphatic hydroxyl groups excluding tert-OH is 3. The van der Waals surface area contributed by atoms with E-state index >= 15 is 0 Å². The molecule has 5 fully saturated rings. The largest absolute Gasteiger partial charge is 0.491 e. The van der Waals surface area contributed by atoms with E-state index in [0.717, 1.165) is 56.3 Å². The smallest absolute Gasteiger partial charge is 0.407 e. The number of carboxylic acid groups (broad SMARTS) is 2. The fourth-order valence-corrected chi connectivity index (χ4v) is 11.9. The standard InChI is InChI=1S/C47H63N5O15/c1-27-31(32-8-6-29(17-34(53)49-4)51-35(32)40(57)58)9-12-52(27)26-46-21-44(2)20-45(3,22-46)24-47(23-44,25-46)65-14-11-50-43(61)64-19-28-5-7-30(63-16-15-62-13-10-48)18-33(28)66-42-38(56)36(54)37(55)39(67-42)41(59)60/h5-9,12,18,36-39,42,54-56H,10-11,13-17,19-26,48H2,1-4H3,(H,49,53)(H,50,61)(H,57,58)(H,59,60)/t36-,37-,38+,39-,42?,44?,45?,46?,47?/m0/s1. The van der Waals surface area contributed by atoms with Crippen molar-refractivity contribution in [2.45, 2.75) is 115 Å². The summed E-state index contributed by atoms with van der Waals surface area (Å²) in [6.45, 7) is 8.54. The van der Waals surface area contributed by atoms with E-state index < -0.39 is 54.3 Å². The van der Waals surface area contributed by atoms with Gasteiger partial charge in [0.05, 0.1) is 37.5 Å². The second-order valence-electron chi connectivity index (χ2n) is 19.4. The van der Waals surface area contributed by atoms with E-state index in [1.165, 1.54) is 13.1 Å². The van der Waals surface area contributed by atoms with Crippen molar-refractivity contribution in [3.63, 3.8) is 0 Å². The van der Waals surface area contributed by atoms with Crippen molar-refractivity contribution in [1.29, 1.82) is 0 Å². The first-order valence-electron chi connectivity index (χ1n) is 22.6. The van der Waals surface area contributed by atoms with Crippen LogP contribution in [0.25, 0.3) is 11.1 Å². The number of benzene rings is 1. The van der Waals surface area contributed by atoms with Gasteiger partial charge in [-0.05, 0) is 86.0 Å². The Morgan fingerprint density at radius 2 is 1.64 bits per heavy atom. The van der Waals surface area contributed by atoms with Crippen LogP contribution in [0.4, 0.5) is 4.79 Å². The molecule has 3 aromatic rings. The Balaban J connectivity index is 0.984. The summed E-state index contributed by atoms with van der Waals surface area (Å²) in [6.07, 6.45) is -2.30. The summed E-state index contributed by atoms with van der Waals surface area (Å²) in [6, 6.07) is 9.92. The van der Waals surface area contributed by atoms with Crippen LogP contribution in [0.15, 0.2) is 42.6 Å². The molecule has 2 amide bonds. The Labute approximate surface area is 388 Å². The minimum absolute atomic E-state index is 0.00692. The number of aromatic nitrogens is 2. The Bertz CT molecular complexity index is 2290. The molecule has 0 spiro atoms. The van der Waals surface area contributed by atoms with Gasteiger partial charge in [0.15, 0.2) is 11.8 Å². The van der Waals surface area contributed by atoms with Crippen LogP contribution in [0.5, 0.6) is 11.5 Å². The number of carbonyl (C=O) groups excluding carboxylic acids is 2. The van der Waals surface area contributed by atoms with Gasteiger partial charge in [0.25, 0.3) is 0 Å². The SMILES string of the molecule is CNC(=O)Cc1ccc(-c2ccn(CC34CC5(C)CC(C)(C3)CC(OCCNC(=O)OCc3ccc(OCCOCCN)cc3OC3O[C@H](C(=O)O)[C@@H](O)[C@H](O)[C@H]3O)(C5)C4)c2C)c(C(=O)O)n1. The summed E-state index contributed by atoms with van der Waals surface area (Å²) in [5.74, 6) is -2.71. The van der Waals surface area contributed by atoms with E-state index in [2.05, 4.69) is 34.0 Å². The molecule has 7 atom stereocenters. The molecule has 1 aliphatic heterocycles. The molecule has 67 heavy (non-hydrogen) atoms. The maximum Gasteiger partial charge on any atom is 0.407 e. The van der Waals surface area contributed by atoms with Gasteiger partial charge in [-0.25, -0.2) is 19.4 Å². The van der Waals surface area contributed by atoms with Crippen molar-refractivity contribution in [3.05, 3.63) is 65.2 Å². The first-order valence-corrected chi connectivity index (χ1v) is 22.6. The number of hydrogen-bond acceptors (Lipinski definition) is 15. The summed E-state index contributed by atoms with van der Waals surface area (Å²) in [5.41, 5.74) is 7.75. The molecule has 20 nitrogen and oxygen atoms in total. The predicted molar refractivity (Wildman–Crippen MR) is 237 cm³/mol. The highest BCUT2D eigenvalue weighted by Crippen LogP contribution is 2.72. The van der Waals surface area contributed by atoms with Crippen LogP contribution in [0, 0.1) is 23.2 Å². The molecule has 3 unspecified atom stereocenters. The second-order valence-corrected chi connectivity index (χ2v) is 19.4. The molecule has 1 saturated heterocycles. The van der Waals surface area contributed by atoms with Crippen LogP contribution >= 0.6 is 0 Å². The highest BCUT2D eigenvalue weighted by molar-refractivity contribution is 5.94. The van der Waals surface area contributed by atoms with E-state index in [4.69, 9.17) is 34.2 Å². The Kier molecular flexibility index (Phi) is 14.9. The minimum Gasteiger partial charge on any atom is -0.491 e. The third kappa shape index (κ3) is 11.2. The van der Waals surface area contributed by atoms with Crippen LogP contribution in [-0.4, -0.2) is 142 Å². The van der Waals surface area contributed by atoms with Crippen molar-refractivity contribution in [2.24, 2.45) is 22.0 Å². The van der Waals surface area contributed by atoms with Gasteiger partial charge in [-0.2, -0.15) is 0 Å². The van der Waals surface area contributed by atoms with E-state index in [-0.39, 0.29) is 73.0 Å². The summed E-state index contributed by atoms with van der Waals surface area (Å²) >= 11 is 0. The lowest BCUT2D eigenvalue weighted by molar-refractivity contribution is -0.271. The number of rotatable bonds is 21. The molecule has 4 aliphatic carbocycles. The zero-order valence-corrected chi connectivity index (χ0v) is 38.3. The number of nitrogens with two attached hydrogens (primary N) is 1. The number of alkyl carbamates (subject to hydrolysis) is 1. The van der Waals surface area contributed by atoms with E-state index in [9.17, 15) is 44.7 Å². The number of ether oxygens (including phenoxy) is 6. The first kappa shape index (κ1) is 49.6. The number of pyridine rings is 1. The van der Waals surface area contributed by atoms with Crippen LogP contribution in [0.3, 0.4) is 0 Å². The van der Waals surface area contributed by atoms with E-state index in [1.54, 1.807) is 24.3 Å². The van der Waals surface area contributed by atoms with Gasteiger partial charge in [0.2, 0.25) is 12.2 Å². The molecule has 2 aromatic heterocycles. The van der Waals surface area contributed by atoms with Gasteiger partial charge in [-0.15, -0.1) is 0 Å². The number of carboxylic acids is 2. The number of nitrogens with zero attached hydrogens (tertiary/aromatic N) is 2. The molecule has 5 aliphatic rings. The Morgan fingerprint density at radius 3 is 2.33 bits per heavy atom. The van der Waals surface area contributed by atoms with E-state index in [1.807, 2.05) is 19.2 Å². The number of amides is 2. The van der Waals surface area contributed by atoms with Gasteiger partial charge in [-0.3, -0.25) is 4.79 Å². The molecule has 4 bridgehead atoms. The molecule has 0 radical (unpaired) electrons. The lowest BCUT2D eigenvalue weighted by Gasteiger charge is -2.69. The first-order chi connectivity index (χ1) is 31.8. The van der Waals surface area contributed by atoms with Crippen molar-refractivity contribution in [1.82, 2.24) is 20.2 Å². The molecule has 1 aromatic carbocycles. The topological polar surface area (TPSA) is 293 Å². The fourth-order valence-electron chi connectivity index (χ4n) is 11.9. The summed E-state index contributed by atoms with van der Waals surface area (Å²) < 4.78 is 36.8. The van der Waals surface area contributed by atoms with Crippen molar-refractivity contribution in [2.75, 3.05) is 46.6 Å².